The van der Waals surface area contributed by atoms with Gasteiger partial charge in [-0.05, 0) is 54.9 Å². The molecule has 16 heavy (non-hydrogen) atoms. The van der Waals surface area contributed by atoms with E-state index in [9.17, 15) is 0 Å². The highest BCUT2D eigenvalue weighted by Gasteiger charge is 2.32. The molecule has 0 atom stereocenters. The minimum atomic E-state index is -0.0960. The fourth-order valence-electron chi connectivity index (χ4n) is 3.23. The molecule has 3 rings (SSSR count). The van der Waals surface area contributed by atoms with Gasteiger partial charge < -0.3 is 5.73 Å². The van der Waals surface area contributed by atoms with Crippen LogP contribution in [0.1, 0.15) is 48.8 Å². The average Bonchev–Trinajstić information content (AvgIpc) is 2.86. The van der Waals surface area contributed by atoms with E-state index in [4.69, 9.17) is 17.3 Å². The summed E-state index contributed by atoms with van der Waals surface area (Å²) in [4.78, 5) is 0. The van der Waals surface area contributed by atoms with Gasteiger partial charge in [0.05, 0.1) is 0 Å². The van der Waals surface area contributed by atoms with Crippen molar-refractivity contribution in [2.24, 2.45) is 5.73 Å². The van der Waals surface area contributed by atoms with Crippen LogP contribution in [0.25, 0.3) is 0 Å². The molecule has 0 heterocycles. The summed E-state index contributed by atoms with van der Waals surface area (Å²) in [6.07, 6.45) is 8.31. The van der Waals surface area contributed by atoms with Gasteiger partial charge in [-0.1, -0.05) is 30.5 Å². The number of hydrogen-bond acceptors (Lipinski definition) is 1. The fourth-order valence-corrected chi connectivity index (χ4v) is 3.57. The standard InChI is InChI=1S/C14H18ClN/c15-13-9-11(14(16)6-1-2-7-14)8-10-4-3-5-12(10)13/h8-9H,1-7,16H2. The summed E-state index contributed by atoms with van der Waals surface area (Å²) in [6.45, 7) is 0. The van der Waals surface area contributed by atoms with E-state index in [1.165, 1.54) is 42.4 Å². The maximum atomic E-state index is 6.48. The Morgan fingerprint density at radius 1 is 1.06 bits per heavy atom. The quantitative estimate of drug-likeness (QED) is 0.792. The lowest BCUT2D eigenvalue weighted by Crippen LogP contribution is -2.33. The number of fused-ring (bicyclic) bond motifs is 1. The Labute approximate surface area is 102 Å². The van der Waals surface area contributed by atoms with E-state index in [2.05, 4.69) is 12.1 Å². The molecule has 1 nitrogen and oxygen atoms in total. The summed E-state index contributed by atoms with van der Waals surface area (Å²) < 4.78 is 0. The van der Waals surface area contributed by atoms with Crippen molar-refractivity contribution in [3.05, 3.63) is 33.8 Å². The van der Waals surface area contributed by atoms with Crippen LogP contribution in [0.15, 0.2) is 12.1 Å². The molecule has 0 aliphatic heterocycles. The van der Waals surface area contributed by atoms with Crippen LogP contribution in [0.2, 0.25) is 5.02 Å². The molecule has 1 aromatic rings. The van der Waals surface area contributed by atoms with Crippen LogP contribution in [0.4, 0.5) is 0 Å². The van der Waals surface area contributed by atoms with E-state index in [1.807, 2.05) is 0 Å². The predicted octanol–water partition coefficient (Wildman–Crippen LogP) is 3.56. The zero-order valence-corrected chi connectivity index (χ0v) is 10.3. The Morgan fingerprint density at radius 3 is 2.56 bits per heavy atom. The lowest BCUT2D eigenvalue weighted by Gasteiger charge is -2.25. The van der Waals surface area contributed by atoms with Gasteiger partial charge in [-0.15, -0.1) is 0 Å². The molecule has 0 radical (unpaired) electrons. The number of hydrogen-bond donors (Lipinski definition) is 1. The van der Waals surface area contributed by atoms with Crippen molar-refractivity contribution in [3.63, 3.8) is 0 Å². The highest BCUT2D eigenvalue weighted by Crippen LogP contribution is 2.40. The molecule has 1 fully saturated rings. The summed E-state index contributed by atoms with van der Waals surface area (Å²) in [6, 6.07) is 4.44. The lowest BCUT2D eigenvalue weighted by atomic mass is 9.87. The normalized spacial score (nSPS) is 22.4. The van der Waals surface area contributed by atoms with E-state index in [-0.39, 0.29) is 5.54 Å². The Hall–Kier alpha value is -0.530. The van der Waals surface area contributed by atoms with Crippen molar-refractivity contribution in [3.8, 4) is 0 Å². The Bertz CT molecular complexity index is 419. The van der Waals surface area contributed by atoms with Crippen LogP contribution in [0.3, 0.4) is 0 Å². The third kappa shape index (κ3) is 1.57. The van der Waals surface area contributed by atoms with Crippen LogP contribution < -0.4 is 5.73 Å². The first-order valence-corrected chi connectivity index (χ1v) is 6.67. The second kappa shape index (κ2) is 3.75. The molecule has 0 unspecified atom stereocenters. The molecule has 0 aromatic heterocycles. The number of halogens is 1. The largest absolute Gasteiger partial charge is 0.321 e. The van der Waals surface area contributed by atoms with Crippen LogP contribution >= 0.6 is 11.6 Å². The van der Waals surface area contributed by atoms with Gasteiger partial charge in [0.2, 0.25) is 0 Å². The monoisotopic (exact) mass is 235 g/mol. The molecule has 0 bridgehead atoms. The van der Waals surface area contributed by atoms with Gasteiger partial charge in [0, 0.05) is 10.6 Å². The van der Waals surface area contributed by atoms with Crippen molar-refractivity contribution < 1.29 is 0 Å². The Morgan fingerprint density at radius 2 is 1.81 bits per heavy atom. The lowest BCUT2D eigenvalue weighted by molar-refractivity contribution is 0.461. The van der Waals surface area contributed by atoms with Gasteiger partial charge >= 0.3 is 0 Å². The summed E-state index contributed by atoms with van der Waals surface area (Å²) in [5.74, 6) is 0. The summed E-state index contributed by atoms with van der Waals surface area (Å²) in [7, 11) is 0. The number of rotatable bonds is 1. The van der Waals surface area contributed by atoms with Gasteiger partial charge in [-0.25, -0.2) is 0 Å². The van der Waals surface area contributed by atoms with Gasteiger partial charge in [0.25, 0.3) is 0 Å². The zero-order chi connectivity index (χ0) is 11.2. The van der Waals surface area contributed by atoms with Crippen LogP contribution in [-0.2, 0) is 18.4 Å². The van der Waals surface area contributed by atoms with Crippen molar-refractivity contribution in [1.82, 2.24) is 0 Å². The summed E-state index contributed by atoms with van der Waals surface area (Å²) in [5.41, 5.74) is 10.5. The molecule has 0 saturated heterocycles. The molecule has 2 aliphatic carbocycles. The highest BCUT2D eigenvalue weighted by molar-refractivity contribution is 6.31. The maximum Gasteiger partial charge on any atom is 0.0444 e. The first-order chi connectivity index (χ1) is 7.69. The van der Waals surface area contributed by atoms with E-state index >= 15 is 0 Å². The second-order valence-corrected chi connectivity index (χ2v) is 5.72. The SMILES string of the molecule is NC1(c2cc(Cl)c3c(c2)CCC3)CCCC1. The third-order valence-electron chi connectivity index (χ3n) is 4.23. The minimum Gasteiger partial charge on any atom is -0.321 e. The van der Waals surface area contributed by atoms with E-state index < -0.39 is 0 Å². The fraction of sp³-hybridized carbons (Fsp3) is 0.571. The maximum absolute atomic E-state index is 6.48. The molecule has 2 N–H and O–H groups in total. The molecular formula is C14H18ClN. The minimum absolute atomic E-state index is 0.0960. The molecule has 1 saturated carbocycles. The number of benzene rings is 1. The Kier molecular flexibility index (Phi) is 2.49. The highest BCUT2D eigenvalue weighted by atomic mass is 35.5. The molecule has 2 heteroatoms. The summed E-state index contributed by atoms with van der Waals surface area (Å²) >= 11 is 6.36. The molecule has 2 aliphatic rings. The zero-order valence-electron chi connectivity index (χ0n) is 9.56. The van der Waals surface area contributed by atoms with Crippen LogP contribution in [0, 0.1) is 0 Å². The predicted molar refractivity (Wildman–Crippen MR) is 67.8 cm³/mol. The van der Waals surface area contributed by atoms with Crippen molar-refractivity contribution >= 4 is 11.6 Å². The Balaban J connectivity index is 2.05. The second-order valence-electron chi connectivity index (χ2n) is 5.31. The molecular weight excluding hydrogens is 218 g/mol. The first kappa shape index (κ1) is 10.6. The molecule has 0 spiro atoms. The van der Waals surface area contributed by atoms with Gasteiger partial charge in [0.15, 0.2) is 0 Å². The van der Waals surface area contributed by atoms with Crippen LogP contribution in [0.5, 0.6) is 0 Å². The van der Waals surface area contributed by atoms with Gasteiger partial charge in [0.1, 0.15) is 0 Å². The van der Waals surface area contributed by atoms with Crippen molar-refractivity contribution in [1.29, 1.82) is 0 Å². The topological polar surface area (TPSA) is 26.0 Å². The smallest absolute Gasteiger partial charge is 0.0444 e. The van der Waals surface area contributed by atoms with E-state index in [0.717, 1.165) is 24.3 Å². The molecule has 86 valence electrons. The first-order valence-electron chi connectivity index (χ1n) is 6.30. The molecule has 1 aromatic carbocycles. The van der Waals surface area contributed by atoms with Crippen molar-refractivity contribution in [2.75, 3.05) is 0 Å². The third-order valence-corrected chi connectivity index (χ3v) is 4.57. The number of nitrogens with two attached hydrogens (primary N) is 1. The summed E-state index contributed by atoms with van der Waals surface area (Å²) in [5, 5.41) is 0.946. The van der Waals surface area contributed by atoms with E-state index in [1.54, 1.807) is 0 Å². The molecule has 0 amide bonds. The van der Waals surface area contributed by atoms with Crippen LogP contribution in [-0.4, -0.2) is 0 Å². The van der Waals surface area contributed by atoms with Gasteiger partial charge in [-0.3, -0.25) is 0 Å². The van der Waals surface area contributed by atoms with Gasteiger partial charge in [-0.2, -0.15) is 0 Å². The average molecular weight is 236 g/mol. The van der Waals surface area contributed by atoms with E-state index in [0.29, 0.717) is 0 Å². The van der Waals surface area contributed by atoms with Crippen molar-refractivity contribution in [2.45, 2.75) is 50.5 Å². The number of aryl methyl sites for hydroxylation is 1.